The number of ether oxygens (including phenoxy) is 7. The van der Waals surface area contributed by atoms with Crippen LogP contribution < -0.4 is 34.9 Å². The Balaban J connectivity index is -0.000000908. The predicted octanol–water partition coefficient (Wildman–Crippen LogP) is 4.34. The zero-order valence-corrected chi connectivity index (χ0v) is 48.6. The van der Waals surface area contributed by atoms with Gasteiger partial charge in [-0.1, -0.05) is 7.43 Å². The number of nitrogens with zero attached hydrogens (tertiary/aromatic N) is 5. The third-order valence-corrected chi connectivity index (χ3v) is 10.3. The maximum Gasteiger partial charge on any atom is 1.00 e. The van der Waals surface area contributed by atoms with E-state index in [2.05, 4.69) is 5.32 Å². The van der Waals surface area contributed by atoms with Crippen LogP contribution in [-0.2, 0) is 33.2 Å². The van der Waals surface area contributed by atoms with E-state index in [0.717, 1.165) is 38.5 Å². The van der Waals surface area contributed by atoms with E-state index in [1.165, 1.54) is 29.2 Å². The molecule has 4 rings (SSSR count). The Kier molecular flexibility index (Phi) is 32.1. The van der Waals surface area contributed by atoms with E-state index in [-0.39, 0.29) is 88.4 Å². The number of carbonyl (C=O) groups is 5. The van der Waals surface area contributed by atoms with Gasteiger partial charge in [0.15, 0.2) is 0 Å². The number of piperidine rings is 2. The largest absolute Gasteiger partial charge is 1.00 e. The average molecular weight is 1030 g/mol. The second kappa shape index (κ2) is 32.5. The molecule has 0 saturated carbocycles. The van der Waals surface area contributed by atoms with Gasteiger partial charge in [0.05, 0.1) is 31.9 Å². The summed E-state index contributed by atoms with van der Waals surface area (Å²) >= 11 is 0. The first-order valence-electron chi connectivity index (χ1n) is 24.5. The van der Waals surface area contributed by atoms with E-state index in [1.54, 1.807) is 70.5 Å². The number of methoxy groups -OCH3 is 2. The molecule has 0 aromatic carbocycles. The fraction of sp³-hybridized carbons (Fsp3) is 0.900. The molecule has 3 N–H and O–H groups in total. The van der Waals surface area contributed by atoms with Gasteiger partial charge >= 0.3 is 60.0 Å². The smallest absolute Gasteiger partial charge is 1.00 e. The van der Waals surface area contributed by atoms with E-state index in [1.807, 2.05) is 62.3 Å². The summed E-state index contributed by atoms with van der Waals surface area (Å²) in [5, 5.41) is 21.9. The fourth-order valence-electron chi connectivity index (χ4n) is 7.32. The molecule has 4 fully saturated rings. The quantitative estimate of drug-likeness (QED) is 0.249. The number of aliphatic hydroxyl groups is 2. The van der Waals surface area contributed by atoms with Crippen LogP contribution in [-0.4, -0.2) is 211 Å². The second-order valence-corrected chi connectivity index (χ2v) is 22.9. The maximum absolute atomic E-state index is 12.3. The first kappa shape index (κ1) is 70.2. The number of likely N-dealkylation sites (tertiary alicyclic amines) is 1. The standard InChI is InChI=1S/C16H30N2O5.C15H28N2O5.C11H21NO3.C7H15NO.CH4.Na.H/c1-15(2,3)22-13(19)17-8-9-18(12(10-17)11-21-7)14(20)23-16(4,5)6;1-14(2,3)21-12(19)16-7-8-17(11(9-16)10-18)13(20)22-15(4,5)6;1-11(2,3)15-10(14)12-6-4-5-9(7-12)8-13;1-9-6-7-3-2-4-8-5-7;;;/h12H,8-11H2,1-7H3;11,18H,7-10H2,1-6H3;9,13H,4-8H2,1-3H3;7-8H,2-6H2,1H3;1H4;;/q;;;;;+1;-1/t12-;11-;9-;7-;;;/m1111.../s1. The van der Waals surface area contributed by atoms with Crippen molar-refractivity contribution in [3.05, 3.63) is 0 Å². The number of aliphatic hydroxyl groups excluding tert-OH is 2. The predicted molar refractivity (Wildman–Crippen MR) is 271 cm³/mol. The first-order valence-corrected chi connectivity index (χ1v) is 24.5. The van der Waals surface area contributed by atoms with Crippen molar-refractivity contribution in [1.82, 2.24) is 29.8 Å². The SMILES string of the molecule is C.CC(C)(C)OC(=O)N1CCC[C@@H](CO)C1.CC(C)(C)OC(=O)N1CCN(C(=O)OC(C)(C)C)[C@@H](CO)C1.COC[C@@H]1CCCNC1.COC[C@H]1CN(C(=O)OC(C)(C)C)CCN1C(=O)OC(C)(C)C.[H-].[Na+]. The summed E-state index contributed by atoms with van der Waals surface area (Å²) in [6.45, 7) is 34.2. The molecule has 0 aromatic rings. The Morgan fingerprint density at radius 3 is 1.21 bits per heavy atom. The van der Waals surface area contributed by atoms with E-state index >= 15 is 0 Å². The maximum atomic E-state index is 12.3. The molecule has 4 aliphatic heterocycles. The zero-order chi connectivity index (χ0) is 53.0. The van der Waals surface area contributed by atoms with Crippen LogP contribution in [0.3, 0.4) is 0 Å². The number of nitrogens with one attached hydrogen (secondary N) is 1. The molecule has 71 heavy (non-hydrogen) atoms. The fourth-order valence-corrected chi connectivity index (χ4v) is 7.32. The summed E-state index contributed by atoms with van der Waals surface area (Å²) in [7, 11) is 3.34. The van der Waals surface area contributed by atoms with Crippen LogP contribution in [0.1, 0.15) is 138 Å². The molecule has 0 aliphatic carbocycles. The number of piperazine rings is 2. The summed E-state index contributed by atoms with van der Waals surface area (Å²) in [6.07, 6.45) is 2.66. The van der Waals surface area contributed by atoms with Crippen molar-refractivity contribution in [3.8, 4) is 0 Å². The first-order chi connectivity index (χ1) is 31.7. The van der Waals surface area contributed by atoms with Crippen molar-refractivity contribution in [1.29, 1.82) is 0 Å². The van der Waals surface area contributed by atoms with E-state index in [0.29, 0.717) is 45.9 Å². The molecule has 0 spiro atoms. The molecule has 4 aliphatic rings. The van der Waals surface area contributed by atoms with E-state index in [4.69, 9.17) is 38.3 Å². The van der Waals surface area contributed by atoms with Gasteiger partial charge in [-0.15, -0.1) is 0 Å². The topological polar surface area (TPSA) is 219 Å². The summed E-state index contributed by atoms with van der Waals surface area (Å²) in [5.41, 5.74) is -2.72. The molecule has 0 radical (unpaired) electrons. The molecule has 0 aromatic heterocycles. The molecule has 0 unspecified atom stereocenters. The summed E-state index contributed by atoms with van der Waals surface area (Å²) in [4.78, 5) is 68.3. The van der Waals surface area contributed by atoms with E-state index in [9.17, 15) is 29.1 Å². The van der Waals surface area contributed by atoms with Crippen molar-refractivity contribution in [2.45, 2.75) is 177 Å². The Bertz CT molecular complexity index is 1560. The summed E-state index contributed by atoms with van der Waals surface area (Å²) in [5.74, 6) is 0.981. The Hall–Kier alpha value is -2.85. The number of carbonyl (C=O) groups excluding carboxylic acids is 5. The summed E-state index contributed by atoms with van der Waals surface area (Å²) < 4.78 is 37.0. The van der Waals surface area contributed by atoms with Gasteiger partial charge in [-0.05, 0) is 148 Å². The van der Waals surface area contributed by atoms with Crippen LogP contribution >= 0.6 is 0 Å². The molecule has 0 bridgehead atoms. The van der Waals surface area contributed by atoms with Crippen molar-refractivity contribution in [3.63, 3.8) is 0 Å². The molecule has 4 heterocycles. The molecule has 4 saturated heterocycles. The zero-order valence-electron chi connectivity index (χ0n) is 47.6. The summed E-state index contributed by atoms with van der Waals surface area (Å²) in [6, 6.07) is -0.743. The van der Waals surface area contributed by atoms with Crippen LogP contribution in [0.15, 0.2) is 0 Å². The molecule has 21 heteroatoms. The Morgan fingerprint density at radius 1 is 0.493 bits per heavy atom. The molecular formula is C50H99N6NaO14. The van der Waals surface area contributed by atoms with Crippen LogP contribution in [0.5, 0.6) is 0 Å². The van der Waals surface area contributed by atoms with Crippen LogP contribution in [0, 0.1) is 11.8 Å². The average Bonchev–Trinajstić information content (AvgIpc) is 3.21. The minimum atomic E-state index is -0.598. The minimum absolute atomic E-state index is 0. The van der Waals surface area contributed by atoms with Crippen LogP contribution in [0.25, 0.3) is 0 Å². The number of rotatable bonds is 6. The van der Waals surface area contributed by atoms with Crippen molar-refractivity contribution in [2.75, 3.05) is 106 Å². The number of amides is 5. The van der Waals surface area contributed by atoms with E-state index < -0.39 is 46.2 Å². The van der Waals surface area contributed by atoms with Crippen LogP contribution in [0.2, 0.25) is 0 Å². The van der Waals surface area contributed by atoms with Crippen LogP contribution in [0.4, 0.5) is 24.0 Å². The van der Waals surface area contributed by atoms with Crippen molar-refractivity contribution in [2.24, 2.45) is 11.8 Å². The van der Waals surface area contributed by atoms with Crippen molar-refractivity contribution < 1.29 is 98.3 Å². The monoisotopic (exact) mass is 1030 g/mol. The van der Waals surface area contributed by atoms with Gasteiger partial charge < -0.3 is 64.8 Å². The molecular weight excluding hydrogens is 932 g/mol. The van der Waals surface area contributed by atoms with Gasteiger partial charge in [0.25, 0.3) is 0 Å². The van der Waals surface area contributed by atoms with Crippen molar-refractivity contribution >= 4 is 30.5 Å². The Morgan fingerprint density at radius 2 is 0.859 bits per heavy atom. The third kappa shape index (κ3) is 30.8. The van der Waals surface area contributed by atoms with Gasteiger partial charge in [-0.2, -0.15) is 0 Å². The van der Waals surface area contributed by atoms with Gasteiger partial charge in [-0.3, -0.25) is 9.80 Å². The normalized spacial score (nSPS) is 20.9. The molecule has 4 atom stereocenters. The third-order valence-electron chi connectivity index (χ3n) is 10.3. The second-order valence-electron chi connectivity index (χ2n) is 22.9. The van der Waals surface area contributed by atoms with Gasteiger partial charge in [0.1, 0.15) is 28.0 Å². The minimum Gasteiger partial charge on any atom is -1.00 e. The molecule has 5 amide bonds. The molecule has 414 valence electrons. The van der Waals surface area contributed by atoms with Gasteiger partial charge in [0, 0.05) is 79.7 Å². The number of hydrogen-bond acceptors (Lipinski definition) is 15. The van der Waals surface area contributed by atoms with Gasteiger partial charge in [-0.25, -0.2) is 24.0 Å². The number of hydrogen-bond donors (Lipinski definition) is 3. The Labute approximate surface area is 451 Å². The van der Waals surface area contributed by atoms with Gasteiger partial charge in [0.2, 0.25) is 0 Å². The molecule has 20 nitrogen and oxygen atoms in total.